The Bertz CT molecular complexity index is 743. The maximum atomic E-state index is 6.25. The van der Waals surface area contributed by atoms with Crippen LogP contribution in [0.5, 0.6) is 11.5 Å². The topological polar surface area (TPSA) is 67.8 Å². The van der Waals surface area contributed by atoms with Crippen molar-refractivity contribution in [3.8, 4) is 11.5 Å². The van der Waals surface area contributed by atoms with Gasteiger partial charge in [-0.2, -0.15) is 0 Å². The number of guanidine groups is 1. The first-order valence-electron chi connectivity index (χ1n) is 9.46. The van der Waals surface area contributed by atoms with Gasteiger partial charge in [0.05, 0.1) is 25.5 Å². The standard InChI is InChI=1S/C21H28N4O2/c1-22-21(25-15-17-7-5-6-12-23-17)24-14-16-10-11-19(26-2)13-20(16)27-18-8-3-4-9-18/h5-7,10-13,18H,3-4,8-9,14-15H2,1-2H3,(H2,22,24,25). The number of hydrogen-bond acceptors (Lipinski definition) is 4. The Morgan fingerprint density at radius 2 is 1.96 bits per heavy atom. The largest absolute Gasteiger partial charge is 0.497 e. The van der Waals surface area contributed by atoms with E-state index >= 15 is 0 Å². The summed E-state index contributed by atoms with van der Waals surface area (Å²) < 4.78 is 11.6. The molecule has 6 nitrogen and oxygen atoms in total. The zero-order valence-corrected chi connectivity index (χ0v) is 16.1. The van der Waals surface area contributed by atoms with Crippen molar-refractivity contribution >= 4 is 5.96 Å². The number of nitrogens with zero attached hydrogens (tertiary/aromatic N) is 2. The molecule has 6 heteroatoms. The van der Waals surface area contributed by atoms with Crippen LogP contribution in [0.4, 0.5) is 0 Å². The second kappa shape index (κ2) is 9.80. The predicted molar refractivity (Wildman–Crippen MR) is 107 cm³/mol. The van der Waals surface area contributed by atoms with Crippen LogP contribution in [-0.2, 0) is 13.1 Å². The number of methoxy groups -OCH3 is 1. The van der Waals surface area contributed by atoms with Gasteiger partial charge in [0.25, 0.3) is 0 Å². The highest BCUT2D eigenvalue weighted by Gasteiger charge is 2.18. The van der Waals surface area contributed by atoms with Crippen LogP contribution in [0.15, 0.2) is 47.6 Å². The molecule has 1 fully saturated rings. The van der Waals surface area contributed by atoms with Gasteiger partial charge in [0.15, 0.2) is 5.96 Å². The Morgan fingerprint density at radius 1 is 1.15 bits per heavy atom. The van der Waals surface area contributed by atoms with Gasteiger partial charge in [-0.3, -0.25) is 9.98 Å². The van der Waals surface area contributed by atoms with E-state index in [4.69, 9.17) is 9.47 Å². The first-order valence-corrected chi connectivity index (χ1v) is 9.46. The molecule has 1 aromatic carbocycles. The van der Waals surface area contributed by atoms with Crippen molar-refractivity contribution in [1.82, 2.24) is 15.6 Å². The molecule has 0 spiro atoms. The van der Waals surface area contributed by atoms with Crippen molar-refractivity contribution in [2.24, 2.45) is 4.99 Å². The first-order chi connectivity index (χ1) is 13.3. The van der Waals surface area contributed by atoms with Gasteiger partial charge < -0.3 is 20.1 Å². The molecular weight excluding hydrogens is 340 g/mol. The van der Waals surface area contributed by atoms with Crippen LogP contribution < -0.4 is 20.1 Å². The van der Waals surface area contributed by atoms with Crippen LogP contribution in [0.1, 0.15) is 36.9 Å². The highest BCUT2D eigenvalue weighted by atomic mass is 16.5. The molecule has 0 radical (unpaired) electrons. The number of pyridine rings is 1. The monoisotopic (exact) mass is 368 g/mol. The van der Waals surface area contributed by atoms with Crippen molar-refractivity contribution in [2.75, 3.05) is 14.2 Å². The quantitative estimate of drug-likeness (QED) is 0.580. The Morgan fingerprint density at radius 3 is 2.67 bits per heavy atom. The van der Waals surface area contributed by atoms with Crippen molar-refractivity contribution in [3.63, 3.8) is 0 Å². The molecule has 0 aliphatic heterocycles. The molecule has 0 atom stereocenters. The van der Waals surface area contributed by atoms with Crippen molar-refractivity contribution < 1.29 is 9.47 Å². The first kappa shape index (κ1) is 19.0. The number of hydrogen-bond donors (Lipinski definition) is 2. The lowest BCUT2D eigenvalue weighted by atomic mass is 10.2. The summed E-state index contributed by atoms with van der Waals surface area (Å²) in [6.07, 6.45) is 6.82. The lowest BCUT2D eigenvalue weighted by molar-refractivity contribution is 0.207. The van der Waals surface area contributed by atoms with Gasteiger partial charge >= 0.3 is 0 Å². The lowest BCUT2D eigenvalue weighted by Crippen LogP contribution is -2.36. The average molecular weight is 368 g/mol. The molecule has 2 aromatic rings. The van der Waals surface area contributed by atoms with E-state index in [1.54, 1.807) is 20.4 Å². The van der Waals surface area contributed by atoms with Crippen LogP contribution in [0, 0.1) is 0 Å². The maximum Gasteiger partial charge on any atom is 0.191 e. The molecule has 1 heterocycles. The Balaban J connectivity index is 1.61. The minimum absolute atomic E-state index is 0.303. The van der Waals surface area contributed by atoms with Gasteiger partial charge in [0.1, 0.15) is 11.5 Å². The van der Waals surface area contributed by atoms with Crippen molar-refractivity contribution in [1.29, 1.82) is 0 Å². The van der Waals surface area contributed by atoms with Crippen LogP contribution in [0.25, 0.3) is 0 Å². The zero-order chi connectivity index (χ0) is 18.9. The van der Waals surface area contributed by atoms with E-state index in [0.29, 0.717) is 19.2 Å². The Kier molecular flexibility index (Phi) is 6.90. The number of nitrogens with one attached hydrogen (secondary N) is 2. The number of aliphatic imine (C=N–C) groups is 1. The number of benzene rings is 1. The Labute approximate surface area is 161 Å². The molecule has 0 unspecified atom stereocenters. The van der Waals surface area contributed by atoms with E-state index in [-0.39, 0.29) is 0 Å². The van der Waals surface area contributed by atoms with E-state index in [0.717, 1.165) is 41.6 Å². The van der Waals surface area contributed by atoms with Crippen molar-refractivity contribution in [3.05, 3.63) is 53.9 Å². The van der Waals surface area contributed by atoms with Gasteiger partial charge in [0.2, 0.25) is 0 Å². The normalized spacial score (nSPS) is 14.8. The highest BCUT2D eigenvalue weighted by Crippen LogP contribution is 2.29. The number of ether oxygens (including phenoxy) is 2. The summed E-state index contributed by atoms with van der Waals surface area (Å²) in [6, 6.07) is 11.8. The van der Waals surface area contributed by atoms with Gasteiger partial charge in [-0.05, 0) is 49.9 Å². The molecule has 27 heavy (non-hydrogen) atoms. The fraction of sp³-hybridized carbons (Fsp3) is 0.429. The van der Waals surface area contributed by atoms with E-state index < -0.39 is 0 Å². The van der Waals surface area contributed by atoms with Crippen LogP contribution in [0.2, 0.25) is 0 Å². The summed E-state index contributed by atoms with van der Waals surface area (Å²) in [5, 5.41) is 6.63. The summed E-state index contributed by atoms with van der Waals surface area (Å²) in [7, 11) is 3.44. The van der Waals surface area contributed by atoms with Crippen LogP contribution in [-0.4, -0.2) is 31.2 Å². The molecule has 3 rings (SSSR count). The lowest BCUT2D eigenvalue weighted by Gasteiger charge is -2.18. The summed E-state index contributed by atoms with van der Waals surface area (Å²) in [6.45, 7) is 1.24. The fourth-order valence-corrected chi connectivity index (χ4v) is 3.18. The third-order valence-electron chi connectivity index (χ3n) is 4.70. The molecule has 1 aliphatic rings. The molecule has 0 bridgehead atoms. The summed E-state index contributed by atoms with van der Waals surface area (Å²) in [5.41, 5.74) is 2.05. The number of aromatic nitrogens is 1. The van der Waals surface area contributed by atoms with Crippen LogP contribution in [0.3, 0.4) is 0 Å². The summed E-state index contributed by atoms with van der Waals surface area (Å²) >= 11 is 0. The molecule has 1 saturated carbocycles. The highest BCUT2D eigenvalue weighted by molar-refractivity contribution is 5.79. The summed E-state index contributed by atoms with van der Waals surface area (Å²) in [4.78, 5) is 8.60. The van der Waals surface area contributed by atoms with Crippen LogP contribution >= 0.6 is 0 Å². The van der Waals surface area contributed by atoms with Gasteiger partial charge in [-0.1, -0.05) is 6.07 Å². The third kappa shape index (κ3) is 5.61. The minimum Gasteiger partial charge on any atom is -0.497 e. The van der Waals surface area contributed by atoms with E-state index in [2.05, 4.69) is 20.6 Å². The molecule has 2 N–H and O–H groups in total. The maximum absolute atomic E-state index is 6.25. The molecule has 1 aliphatic carbocycles. The van der Waals surface area contributed by atoms with E-state index in [1.807, 2.05) is 36.4 Å². The summed E-state index contributed by atoms with van der Waals surface area (Å²) in [5.74, 6) is 2.42. The minimum atomic E-state index is 0.303. The Hall–Kier alpha value is -2.76. The van der Waals surface area contributed by atoms with Gasteiger partial charge in [-0.15, -0.1) is 0 Å². The fourth-order valence-electron chi connectivity index (χ4n) is 3.18. The smallest absolute Gasteiger partial charge is 0.191 e. The SMILES string of the molecule is CN=C(NCc1ccccn1)NCc1ccc(OC)cc1OC1CCCC1. The van der Waals surface area contributed by atoms with E-state index in [9.17, 15) is 0 Å². The van der Waals surface area contributed by atoms with Gasteiger partial charge in [0, 0.05) is 31.4 Å². The molecular formula is C21H28N4O2. The van der Waals surface area contributed by atoms with E-state index in [1.165, 1.54) is 12.8 Å². The molecule has 1 aromatic heterocycles. The third-order valence-corrected chi connectivity index (χ3v) is 4.70. The second-order valence-corrected chi connectivity index (χ2v) is 6.60. The van der Waals surface area contributed by atoms with Crippen molar-refractivity contribution in [2.45, 2.75) is 44.9 Å². The predicted octanol–water partition coefficient (Wildman–Crippen LogP) is 3.28. The molecule has 144 valence electrons. The van der Waals surface area contributed by atoms with Gasteiger partial charge in [-0.25, -0.2) is 0 Å². The molecule has 0 amide bonds. The molecule has 0 saturated heterocycles. The second-order valence-electron chi connectivity index (χ2n) is 6.60. The zero-order valence-electron chi connectivity index (χ0n) is 16.1. The average Bonchev–Trinajstić information content (AvgIpc) is 3.22. The number of rotatable bonds is 7.